The number of carbonyl (C=O) groups is 2. The van der Waals surface area contributed by atoms with E-state index >= 15 is 0 Å². The molecular weight excluding hydrogens is 283 g/mol. The van der Waals surface area contributed by atoms with Gasteiger partial charge in [0, 0.05) is 13.0 Å². The Labute approximate surface area is 127 Å². The minimum atomic E-state index is -0.574. The molecule has 4 nitrogen and oxygen atoms in total. The second kappa shape index (κ2) is 5.97. The largest absolute Gasteiger partial charge is 0.320 e. The summed E-state index contributed by atoms with van der Waals surface area (Å²) in [4.78, 5) is 25.8. The monoisotopic (exact) mass is 298 g/mol. The van der Waals surface area contributed by atoms with Gasteiger partial charge in [0.15, 0.2) is 0 Å². The first kappa shape index (κ1) is 14.3. The summed E-state index contributed by atoms with van der Waals surface area (Å²) in [5.74, 6) is -1.07. The highest BCUT2D eigenvalue weighted by atomic mass is 19.1. The van der Waals surface area contributed by atoms with E-state index in [1.54, 1.807) is 35.2 Å². The minimum Gasteiger partial charge on any atom is -0.320 e. The van der Waals surface area contributed by atoms with Crippen LogP contribution in [0.3, 0.4) is 0 Å². The Bertz CT molecular complexity index is 730. The molecule has 112 valence electrons. The third-order valence-electron chi connectivity index (χ3n) is 3.63. The number of hydrogen-bond acceptors (Lipinski definition) is 2. The van der Waals surface area contributed by atoms with Crippen LogP contribution >= 0.6 is 0 Å². The van der Waals surface area contributed by atoms with Crippen LogP contribution in [-0.2, 0) is 4.79 Å². The molecule has 1 aliphatic heterocycles. The van der Waals surface area contributed by atoms with Gasteiger partial charge < -0.3 is 10.2 Å². The quantitative estimate of drug-likeness (QED) is 0.946. The van der Waals surface area contributed by atoms with Gasteiger partial charge in [-0.05, 0) is 30.7 Å². The van der Waals surface area contributed by atoms with Crippen LogP contribution in [0.5, 0.6) is 0 Å². The van der Waals surface area contributed by atoms with E-state index in [-0.39, 0.29) is 11.5 Å². The van der Waals surface area contributed by atoms with E-state index in [9.17, 15) is 14.0 Å². The number of para-hydroxylation sites is 2. The highest BCUT2D eigenvalue weighted by Gasteiger charge is 2.24. The number of amides is 2. The van der Waals surface area contributed by atoms with Gasteiger partial charge in [-0.1, -0.05) is 24.3 Å². The van der Waals surface area contributed by atoms with Gasteiger partial charge in [-0.25, -0.2) is 4.39 Å². The van der Waals surface area contributed by atoms with E-state index in [2.05, 4.69) is 5.32 Å². The first-order valence-electron chi connectivity index (χ1n) is 7.12. The average molecular weight is 298 g/mol. The lowest BCUT2D eigenvalue weighted by Crippen LogP contribution is -2.25. The zero-order valence-corrected chi connectivity index (χ0v) is 11.9. The van der Waals surface area contributed by atoms with E-state index in [4.69, 9.17) is 0 Å². The fourth-order valence-electron chi connectivity index (χ4n) is 2.55. The molecule has 1 saturated heterocycles. The smallest absolute Gasteiger partial charge is 0.258 e. The number of nitrogens with zero attached hydrogens (tertiary/aromatic N) is 1. The van der Waals surface area contributed by atoms with Crippen LogP contribution in [0.1, 0.15) is 23.2 Å². The van der Waals surface area contributed by atoms with Gasteiger partial charge in [0.2, 0.25) is 5.91 Å². The molecular formula is C17H15FN2O2. The van der Waals surface area contributed by atoms with Crippen molar-refractivity contribution in [1.82, 2.24) is 0 Å². The van der Waals surface area contributed by atoms with Crippen molar-refractivity contribution < 1.29 is 14.0 Å². The van der Waals surface area contributed by atoms with Gasteiger partial charge in [0.1, 0.15) is 5.82 Å². The molecule has 0 bridgehead atoms. The van der Waals surface area contributed by atoms with Gasteiger partial charge in [0.05, 0.1) is 16.9 Å². The number of halogens is 1. The molecule has 2 aromatic rings. The summed E-state index contributed by atoms with van der Waals surface area (Å²) < 4.78 is 13.7. The van der Waals surface area contributed by atoms with Crippen LogP contribution in [0.25, 0.3) is 0 Å². The van der Waals surface area contributed by atoms with Gasteiger partial charge in [-0.15, -0.1) is 0 Å². The summed E-state index contributed by atoms with van der Waals surface area (Å²) in [7, 11) is 0. The first-order valence-corrected chi connectivity index (χ1v) is 7.12. The maximum atomic E-state index is 13.7. The predicted molar refractivity (Wildman–Crippen MR) is 82.4 cm³/mol. The zero-order valence-electron chi connectivity index (χ0n) is 11.9. The molecule has 0 atom stereocenters. The summed E-state index contributed by atoms with van der Waals surface area (Å²) >= 11 is 0. The normalized spacial score (nSPS) is 14.2. The Morgan fingerprint density at radius 3 is 2.55 bits per heavy atom. The van der Waals surface area contributed by atoms with Crippen molar-refractivity contribution in [2.24, 2.45) is 0 Å². The standard InChI is InChI=1S/C17H15FN2O2/c18-13-7-2-1-6-12(13)17(22)19-14-8-3-4-9-15(14)20-11-5-10-16(20)21/h1-4,6-9H,5,10-11H2,(H,19,22). The van der Waals surface area contributed by atoms with Gasteiger partial charge in [0.25, 0.3) is 5.91 Å². The predicted octanol–water partition coefficient (Wildman–Crippen LogP) is 3.20. The van der Waals surface area contributed by atoms with Crippen molar-refractivity contribution in [3.8, 4) is 0 Å². The molecule has 0 unspecified atom stereocenters. The molecule has 2 amide bonds. The molecule has 1 aliphatic rings. The number of benzene rings is 2. The highest BCUT2D eigenvalue weighted by Crippen LogP contribution is 2.29. The highest BCUT2D eigenvalue weighted by molar-refractivity contribution is 6.08. The lowest BCUT2D eigenvalue weighted by molar-refractivity contribution is -0.117. The van der Waals surface area contributed by atoms with Crippen molar-refractivity contribution >= 4 is 23.2 Å². The third kappa shape index (κ3) is 2.70. The van der Waals surface area contributed by atoms with Crippen molar-refractivity contribution in [3.05, 3.63) is 59.9 Å². The molecule has 0 aromatic heterocycles. The van der Waals surface area contributed by atoms with E-state index in [0.717, 1.165) is 6.42 Å². The van der Waals surface area contributed by atoms with Crippen LogP contribution in [0.15, 0.2) is 48.5 Å². The van der Waals surface area contributed by atoms with Crippen molar-refractivity contribution in [2.45, 2.75) is 12.8 Å². The zero-order chi connectivity index (χ0) is 15.5. The average Bonchev–Trinajstić information content (AvgIpc) is 2.94. The van der Waals surface area contributed by atoms with Crippen LogP contribution in [0, 0.1) is 5.82 Å². The van der Waals surface area contributed by atoms with Crippen LogP contribution < -0.4 is 10.2 Å². The number of hydrogen-bond donors (Lipinski definition) is 1. The summed E-state index contributed by atoms with van der Waals surface area (Å²) in [5.41, 5.74) is 1.13. The number of anilines is 2. The summed E-state index contributed by atoms with van der Waals surface area (Å²) in [6.07, 6.45) is 1.31. The molecule has 0 saturated carbocycles. The fraction of sp³-hybridized carbons (Fsp3) is 0.176. The van der Waals surface area contributed by atoms with Gasteiger partial charge >= 0.3 is 0 Å². The van der Waals surface area contributed by atoms with E-state index in [1.165, 1.54) is 18.2 Å². The maximum Gasteiger partial charge on any atom is 0.258 e. The molecule has 0 radical (unpaired) electrons. The minimum absolute atomic E-state index is 0.0231. The van der Waals surface area contributed by atoms with E-state index in [0.29, 0.717) is 24.3 Å². The molecule has 3 rings (SSSR count). The van der Waals surface area contributed by atoms with Crippen molar-refractivity contribution in [1.29, 1.82) is 0 Å². The van der Waals surface area contributed by atoms with Gasteiger partial charge in [-0.2, -0.15) is 0 Å². The maximum absolute atomic E-state index is 13.7. The Kier molecular flexibility index (Phi) is 3.87. The summed E-state index contributed by atoms with van der Waals surface area (Å²) in [6, 6.07) is 12.9. The molecule has 0 aliphatic carbocycles. The van der Waals surface area contributed by atoms with Crippen LogP contribution in [0.4, 0.5) is 15.8 Å². The van der Waals surface area contributed by atoms with Crippen molar-refractivity contribution in [2.75, 3.05) is 16.8 Å². The van der Waals surface area contributed by atoms with Crippen LogP contribution in [0.2, 0.25) is 0 Å². The Morgan fingerprint density at radius 1 is 1.09 bits per heavy atom. The van der Waals surface area contributed by atoms with Gasteiger partial charge in [-0.3, -0.25) is 9.59 Å². The molecule has 2 aromatic carbocycles. The molecule has 1 heterocycles. The Hall–Kier alpha value is -2.69. The summed E-state index contributed by atoms with van der Waals surface area (Å²) in [5, 5.41) is 2.69. The first-order chi connectivity index (χ1) is 10.7. The summed E-state index contributed by atoms with van der Waals surface area (Å²) in [6.45, 7) is 0.630. The van der Waals surface area contributed by atoms with E-state index < -0.39 is 11.7 Å². The van der Waals surface area contributed by atoms with Crippen LogP contribution in [-0.4, -0.2) is 18.4 Å². The second-order valence-electron chi connectivity index (χ2n) is 5.10. The topological polar surface area (TPSA) is 49.4 Å². The second-order valence-corrected chi connectivity index (χ2v) is 5.10. The molecule has 1 N–H and O–H groups in total. The Morgan fingerprint density at radius 2 is 1.82 bits per heavy atom. The lowest BCUT2D eigenvalue weighted by Gasteiger charge is -2.20. The Balaban J connectivity index is 1.88. The number of nitrogens with one attached hydrogen (secondary N) is 1. The number of carbonyl (C=O) groups excluding carboxylic acids is 2. The molecule has 22 heavy (non-hydrogen) atoms. The van der Waals surface area contributed by atoms with E-state index in [1.807, 2.05) is 0 Å². The molecule has 1 fully saturated rings. The molecule has 0 spiro atoms. The van der Waals surface area contributed by atoms with Crippen molar-refractivity contribution in [3.63, 3.8) is 0 Å². The fourth-order valence-corrected chi connectivity index (χ4v) is 2.55. The third-order valence-corrected chi connectivity index (χ3v) is 3.63. The SMILES string of the molecule is O=C(Nc1ccccc1N1CCCC1=O)c1ccccc1F. The lowest BCUT2D eigenvalue weighted by atomic mass is 10.2. The molecule has 5 heteroatoms. The number of rotatable bonds is 3.